The number of rotatable bonds is 3. The largest absolute Gasteiger partial charge is 0.365 e. The van der Waals surface area contributed by atoms with Gasteiger partial charge in [0.25, 0.3) is 5.89 Å². The molecule has 7 nitrogen and oxygen atoms in total. The molecule has 0 bridgehead atoms. The maximum Gasteiger partial charge on any atom is 0.280 e. The molecule has 0 spiro atoms. The van der Waals surface area contributed by atoms with Crippen LogP contribution in [0.3, 0.4) is 0 Å². The van der Waals surface area contributed by atoms with E-state index in [1.165, 1.54) is 5.56 Å². The first-order valence-electron chi connectivity index (χ1n) is 8.88. The van der Waals surface area contributed by atoms with E-state index in [-0.39, 0.29) is 6.10 Å². The van der Waals surface area contributed by atoms with Crippen molar-refractivity contribution in [2.45, 2.75) is 26.2 Å². The van der Waals surface area contributed by atoms with E-state index in [0.29, 0.717) is 35.6 Å². The third-order valence-corrected chi connectivity index (χ3v) is 5.03. The molecule has 2 aromatic carbocycles. The molecule has 1 atom stereocenters. The molecule has 8 heteroatoms. The lowest BCUT2D eigenvalue weighted by molar-refractivity contribution is -0.00117. The normalized spacial score (nSPS) is 16.1. The van der Waals surface area contributed by atoms with Crippen molar-refractivity contribution in [2.75, 3.05) is 0 Å². The van der Waals surface area contributed by atoms with Crippen LogP contribution in [0.1, 0.15) is 22.9 Å². The van der Waals surface area contributed by atoms with Crippen LogP contribution in [0.5, 0.6) is 0 Å². The number of aryl methyl sites for hydroxylation is 1. The molecule has 0 N–H and O–H groups in total. The van der Waals surface area contributed by atoms with E-state index in [9.17, 15) is 0 Å². The van der Waals surface area contributed by atoms with Gasteiger partial charge < -0.3 is 9.26 Å². The van der Waals surface area contributed by atoms with E-state index in [1.54, 1.807) is 0 Å². The molecular weight excluding hydrogens is 378 g/mol. The van der Waals surface area contributed by atoms with E-state index >= 15 is 0 Å². The molecule has 0 saturated heterocycles. The summed E-state index contributed by atoms with van der Waals surface area (Å²) in [4.78, 5) is 4.48. The van der Waals surface area contributed by atoms with Crippen LogP contribution in [0.4, 0.5) is 0 Å². The molecule has 28 heavy (non-hydrogen) atoms. The molecule has 2 aromatic heterocycles. The van der Waals surface area contributed by atoms with Crippen LogP contribution >= 0.6 is 11.6 Å². The SMILES string of the molecule is Cc1ccc(-c2noc(-c3nnn4c3COC(c3ccc(Cl)cc3)C4)n2)cc1. The van der Waals surface area contributed by atoms with Crippen molar-refractivity contribution in [1.82, 2.24) is 25.1 Å². The van der Waals surface area contributed by atoms with Crippen molar-refractivity contribution in [3.8, 4) is 23.0 Å². The van der Waals surface area contributed by atoms with Crippen LogP contribution in [0, 0.1) is 6.92 Å². The molecule has 1 aliphatic heterocycles. The molecule has 1 aliphatic rings. The number of nitrogens with zero attached hydrogens (tertiary/aromatic N) is 5. The highest BCUT2D eigenvalue weighted by molar-refractivity contribution is 6.30. The van der Waals surface area contributed by atoms with Gasteiger partial charge >= 0.3 is 0 Å². The average Bonchev–Trinajstić information content (AvgIpc) is 3.35. The average molecular weight is 394 g/mol. The van der Waals surface area contributed by atoms with Gasteiger partial charge in [-0.15, -0.1) is 5.10 Å². The van der Waals surface area contributed by atoms with Crippen molar-refractivity contribution < 1.29 is 9.26 Å². The molecule has 0 saturated carbocycles. The van der Waals surface area contributed by atoms with Gasteiger partial charge in [-0.25, -0.2) is 4.68 Å². The number of halogens is 1. The molecule has 5 rings (SSSR count). The zero-order chi connectivity index (χ0) is 19.1. The number of ether oxygens (including phenoxy) is 1. The van der Waals surface area contributed by atoms with Gasteiger partial charge in [0.15, 0.2) is 5.69 Å². The van der Waals surface area contributed by atoms with Crippen LogP contribution in [-0.4, -0.2) is 25.1 Å². The Morgan fingerprint density at radius 3 is 2.64 bits per heavy atom. The lowest BCUT2D eigenvalue weighted by Gasteiger charge is -2.24. The van der Waals surface area contributed by atoms with Crippen LogP contribution in [-0.2, 0) is 17.9 Å². The fourth-order valence-electron chi connectivity index (χ4n) is 3.20. The van der Waals surface area contributed by atoms with Crippen LogP contribution < -0.4 is 0 Å². The van der Waals surface area contributed by atoms with E-state index in [0.717, 1.165) is 16.8 Å². The smallest absolute Gasteiger partial charge is 0.280 e. The number of hydrogen-bond donors (Lipinski definition) is 0. The summed E-state index contributed by atoms with van der Waals surface area (Å²) in [6.45, 7) is 2.95. The van der Waals surface area contributed by atoms with Gasteiger partial charge in [0.2, 0.25) is 5.82 Å². The standard InChI is InChI=1S/C20H16ClN5O2/c1-12-2-4-14(5-3-12)19-22-20(28-24-19)18-16-11-27-17(10-26(16)25-23-18)13-6-8-15(21)9-7-13/h2-9,17H,10-11H2,1H3. The Kier molecular flexibility index (Phi) is 4.18. The summed E-state index contributed by atoms with van der Waals surface area (Å²) in [5.41, 5.74) is 4.49. The van der Waals surface area contributed by atoms with E-state index in [2.05, 4.69) is 20.5 Å². The van der Waals surface area contributed by atoms with Crippen LogP contribution in [0.2, 0.25) is 5.02 Å². The maximum atomic E-state index is 6.02. The van der Waals surface area contributed by atoms with Crippen LogP contribution in [0.15, 0.2) is 53.1 Å². The summed E-state index contributed by atoms with van der Waals surface area (Å²) in [6.07, 6.45) is -0.106. The second-order valence-electron chi connectivity index (χ2n) is 6.71. The summed E-state index contributed by atoms with van der Waals surface area (Å²) >= 11 is 5.97. The summed E-state index contributed by atoms with van der Waals surface area (Å²) in [5, 5.41) is 13.3. The number of benzene rings is 2. The van der Waals surface area contributed by atoms with Crippen molar-refractivity contribution in [1.29, 1.82) is 0 Å². The topological polar surface area (TPSA) is 78.9 Å². The van der Waals surface area contributed by atoms with Gasteiger partial charge in [-0.3, -0.25) is 0 Å². The summed E-state index contributed by atoms with van der Waals surface area (Å²) in [5.74, 6) is 0.859. The molecule has 1 unspecified atom stereocenters. The predicted octanol–water partition coefficient (Wildman–Crippen LogP) is 4.23. The minimum absolute atomic E-state index is 0.106. The quantitative estimate of drug-likeness (QED) is 0.518. The fourth-order valence-corrected chi connectivity index (χ4v) is 3.32. The Morgan fingerprint density at radius 1 is 1.07 bits per heavy atom. The Balaban J connectivity index is 1.41. The van der Waals surface area contributed by atoms with Gasteiger partial charge in [0.1, 0.15) is 6.10 Å². The zero-order valence-corrected chi connectivity index (χ0v) is 15.8. The summed E-state index contributed by atoms with van der Waals surface area (Å²) in [7, 11) is 0. The molecule has 4 aromatic rings. The lowest BCUT2D eigenvalue weighted by Crippen LogP contribution is -2.22. The van der Waals surface area contributed by atoms with Gasteiger partial charge in [-0.05, 0) is 24.6 Å². The monoisotopic (exact) mass is 393 g/mol. The highest BCUT2D eigenvalue weighted by Crippen LogP contribution is 2.31. The molecule has 140 valence electrons. The second kappa shape index (κ2) is 6.85. The first-order valence-corrected chi connectivity index (χ1v) is 9.26. The Bertz CT molecular complexity index is 1120. The predicted molar refractivity (Wildman–Crippen MR) is 102 cm³/mol. The van der Waals surface area contributed by atoms with Crippen LogP contribution in [0.25, 0.3) is 23.0 Å². The minimum Gasteiger partial charge on any atom is -0.365 e. The van der Waals surface area contributed by atoms with Gasteiger partial charge in [-0.2, -0.15) is 4.98 Å². The highest BCUT2D eigenvalue weighted by Gasteiger charge is 2.28. The van der Waals surface area contributed by atoms with E-state index in [1.807, 2.05) is 60.1 Å². The maximum absolute atomic E-state index is 6.02. The first kappa shape index (κ1) is 17.1. The lowest BCUT2D eigenvalue weighted by atomic mass is 10.1. The zero-order valence-electron chi connectivity index (χ0n) is 15.0. The molecule has 0 aliphatic carbocycles. The molecule has 3 heterocycles. The number of fused-ring (bicyclic) bond motifs is 1. The Hall–Kier alpha value is -3.03. The van der Waals surface area contributed by atoms with E-state index in [4.69, 9.17) is 20.9 Å². The van der Waals surface area contributed by atoms with Crippen molar-refractivity contribution in [3.63, 3.8) is 0 Å². The molecular formula is C20H16ClN5O2. The van der Waals surface area contributed by atoms with Crippen molar-refractivity contribution in [3.05, 3.63) is 70.4 Å². The fraction of sp³-hybridized carbons (Fsp3) is 0.200. The third kappa shape index (κ3) is 3.08. The Morgan fingerprint density at radius 2 is 1.86 bits per heavy atom. The van der Waals surface area contributed by atoms with Gasteiger partial charge in [-0.1, -0.05) is 63.9 Å². The van der Waals surface area contributed by atoms with Crippen molar-refractivity contribution in [2.24, 2.45) is 0 Å². The summed E-state index contributed by atoms with van der Waals surface area (Å²) < 4.78 is 13.3. The molecule has 0 amide bonds. The van der Waals surface area contributed by atoms with Gasteiger partial charge in [0, 0.05) is 10.6 Å². The van der Waals surface area contributed by atoms with Crippen molar-refractivity contribution >= 4 is 11.6 Å². The second-order valence-corrected chi connectivity index (χ2v) is 7.14. The van der Waals surface area contributed by atoms with Gasteiger partial charge in [0.05, 0.1) is 18.8 Å². The Labute approximate surface area is 165 Å². The highest BCUT2D eigenvalue weighted by atomic mass is 35.5. The molecule has 0 radical (unpaired) electrons. The first-order chi connectivity index (χ1) is 13.7. The minimum atomic E-state index is -0.106. The van der Waals surface area contributed by atoms with E-state index < -0.39 is 0 Å². The molecule has 0 fully saturated rings. The third-order valence-electron chi connectivity index (χ3n) is 4.78. The number of aromatic nitrogens is 5. The summed E-state index contributed by atoms with van der Waals surface area (Å²) in [6, 6.07) is 15.6. The number of hydrogen-bond acceptors (Lipinski definition) is 6.